The molecule has 0 atom stereocenters. The molecule has 1 saturated carbocycles. The second-order valence-electron chi connectivity index (χ2n) is 5.15. The standard InChI is InChI=1S/C15H21ClN2OS/c1-20-14-8-6-12(7-9-14)17-10-15(19)18-13-4-2-11(16)3-5-13/h2-5,12,14,17H,6-10H2,1H3,(H,18,19). The van der Waals surface area contributed by atoms with Crippen LogP contribution in [-0.4, -0.2) is 30.0 Å². The van der Waals surface area contributed by atoms with E-state index in [0.717, 1.165) is 10.9 Å². The highest BCUT2D eigenvalue weighted by atomic mass is 35.5. The van der Waals surface area contributed by atoms with Crippen LogP contribution in [0.5, 0.6) is 0 Å². The molecule has 20 heavy (non-hydrogen) atoms. The Bertz CT molecular complexity index is 430. The predicted molar refractivity (Wildman–Crippen MR) is 87.6 cm³/mol. The van der Waals surface area contributed by atoms with Crippen molar-refractivity contribution in [3.8, 4) is 0 Å². The third-order valence-electron chi connectivity index (χ3n) is 3.69. The summed E-state index contributed by atoms with van der Waals surface area (Å²) in [5.41, 5.74) is 0.785. The molecule has 110 valence electrons. The lowest BCUT2D eigenvalue weighted by molar-refractivity contribution is -0.115. The van der Waals surface area contributed by atoms with Crippen LogP contribution >= 0.6 is 23.4 Å². The highest BCUT2D eigenvalue weighted by Gasteiger charge is 2.20. The maximum atomic E-state index is 11.8. The fourth-order valence-corrected chi connectivity index (χ4v) is 3.35. The van der Waals surface area contributed by atoms with Crippen molar-refractivity contribution < 1.29 is 4.79 Å². The van der Waals surface area contributed by atoms with E-state index in [1.54, 1.807) is 12.1 Å². The zero-order valence-corrected chi connectivity index (χ0v) is 13.3. The molecule has 0 saturated heterocycles. The smallest absolute Gasteiger partial charge is 0.238 e. The summed E-state index contributed by atoms with van der Waals surface area (Å²) < 4.78 is 0. The van der Waals surface area contributed by atoms with Crippen LogP contribution in [0.2, 0.25) is 5.02 Å². The van der Waals surface area contributed by atoms with Crippen molar-refractivity contribution in [1.82, 2.24) is 5.32 Å². The van der Waals surface area contributed by atoms with Crippen LogP contribution < -0.4 is 10.6 Å². The first-order chi connectivity index (χ1) is 9.67. The van der Waals surface area contributed by atoms with E-state index in [2.05, 4.69) is 16.9 Å². The minimum absolute atomic E-state index is 0.000637. The van der Waals surface area contributed by atoms with Gasteiger partial charge in [-0.15, -0.1) is 0 Å². The predicted octanol–water partition coefficient (Wildman–Crippen LogP) is 3.54. The van der Waals surface area contributed by atoms with E-state index in [1.165, 1.54) is 25.7 Å². The lowest BCUT2D eigenvalue weighted by Gasteiger charge is -2.27. The summed E-state index contributed by atoms with van der Waals surface area (Å²) in [6, 6.07) is 7.64. The van der Waals surface area contributed by atoms with Gasteiger partial charge in [0.25, 0.3) is 0 Å². The molecular weight excluding hydrogens is 292 g/mol. The van der Waals surface area contributed by atoms with Crippen molar-refractivity contribution in [3.63, 3.8) is 0 Å². The Balaban J connectivity index is 1.69. The molecular formula is C15H21ClN2OS. The van der Waals surface area contributed by atoms with E-state index in [4.69, 9.17) is 11.6 Å². The quantitative estimate of drug-likeness (QED) is 0.873. The number of benzene rings is 1. The maximum Gasteiger partial charge on any atom is 0.238 e. The number of anilines is 1. The van der Waals surface area contributed by atoms with Gasteiger partial charge in [-0.3, -0.25) is 4.79 Å². The summed E-state index contributed by atoms with van der Waals surface area (Å²) in [6.07, 6.45) is 7.01. The molecule has 2 N–H and O–H groups in total. The van der Waals surface area contributed by atoms with Gasteiger partial charge in [-0.1, -0.05) is 11.6 Å². The summed E-state index contributed by atoms with van der Waals surface area (Å²) in [5.74, 6) is -0.000637. The number of carbonyl (C=O) groups is 1. The maximum absolute atomic E-state index is 11.8. The molecule has 0 spiro atoms. The molecule has 1 amide bonds. The van der Waals surface area contributed by atoms with Crippen LogP contribution in [0.3, 0.4) is 0 Å². The molecule has 0 unspecified atom stereocenters. The minimum atomic E-state index is -0.000637. The Hall–Kier alpha value is -0.710. The first kappa shape index (κ1) is 15.7. The number of hydrogen-bond acceptors (Lipinski definition) is 3. The van der Waals surface area contributed by atoms with Gasteiger partial charge in [0.05, 0.1) is 6.54 Å². The molecule has 0 aliphatic heterocycles. The highest BCUT2D eigenvalue weighted by molar-refractivity contribution is 7.99. The average molecular weight is 313 g/mol. The summed E-state index contributed by atoms with van der Waals surface area (Å²) in [4.78, 5) is 11.8. The van der Waals surface area contributed by atoms with E-state index < -0.39 is 0 Å². The first-order valence-corrected chi connectivity index (χ1v) is 8.65. The molecule has 1 aromatic carbocycles. The van der Waals surface area contributed by atoms with Gasteiger partial charge < -0.3 is 10.6 Å². The van der Waals surface area contributed by atoms with Gasteiger partial charge in [0.1, 0.15) is 0 Å². The van der Waals surface area contributed by atoms with Crippen molar-refractivity contribution in [2.75, 3.05) is 18.1 Å². The van der Waals surface area contributed by atoms with Gasteiger partial charge in [0.15, 0.2) is 0 Å². The average Bonchev–Trinajstić information content (AvgIpc) is 2.48. The SMILES string of the molecule is CSC1CCC(NCC(=O)Nc2ccc(Cl)cc2)CC1. The summed E-state index contributed by atoms with van der Waals surface area (Å²) in [6.45, 7) is 0.372. The zero-order chi connectivity index (χ0) is 14.4. The number of thioether (sulfide) groups is 1. The molecule has 0 bridgehead atoms. The number of rotatable bonds is 5. The van der Waals surface area contributed by atoms with Gasteiger partial charge in [0.2, 0.25) is 5.91 Å². The summed E-state index contributed by atoms with van der Waals surface area (Å²) in [7, 11) is 0. The van der Waals surface area contributed by atoms with E-state index in [0.29, 0.717) is 17.6 Å². The van der Waals surface area contributed by atoms with Crippen LogP contribution in [0.4, 0.5) is 5.69 Å². The van der Waals surface area contributed by atoms with Crippen molar-refractivity contribution in [2.24, 2.45) is 0 Å². The first-order valence-electron chi connectivity index (χ1n) is 6.99. The number of halogens is 1. The molecule has 3 nitrogen and oxygen atoms in total. The van der Waals surface area contributed by atoms with Crippen molar-refractivity contribution in [2.45, 2.75) is 37.0 Å². The number of amides is 1. The monoisotopic (exact) mass is 312 g/mol. The molecule has 2 rings (SSSR count). The van der Waals surface area contributed by atoms with E-state index >= 15 is 0 Å². The Labute approximate surface area is 129 Å². The van der Waals surface area contributed by atoms with E-state index in [9.17, 15) is 4.79 Å². The van der Waals surface area contributed by atoms with Gasteiger partial charge in [-0.05, 0) is 56.2 Å². The Morgan fingerprint density at radius 1 is 1.25 bits per heavy atom. The number of carbonyl (C=O) groups excluding carboxylic acids is 1. The normalized spacial score (nSPS) is 22.5. The van der Waals surface area contributed by atoms with Gasteiger partial charge >= 0.3 is 0 Å². The van der Waals surface area contributed by atoms with Crippen LogP contribution in [0.15, 0.2) is 24.3 Å². The van der Waals surface area contributed by atoms with Crippen molar-refractivity contribution >= 4 is 35.0 Å². The molecule has 0 heterocycles. The van der Waals surface area contributed by atoms with Crippen molar-refractivity contribution in [1.29, 1.82) is 0 Å². The molecule has 0 radical (unpaired) electrons. The third kappa shape index (κ3) is 5.00. The fraction of sp³-hybridized carbons (Fsp3) is 0.533. The largest absolute Gasteiger partial charge is 0.325 e. The zero-order valence-electron chi connectivity index (χ0n) is 11.7. The molecule has 1 aromatic rings. The van der Waals surface area contributed by atoms with Crippen molar-refractivity contribution in [3.05, 3.63) is 29.3 Å². The second-order valence-corrected chi connectivity index (χ2v) is 6.72. The van der Waals surface area contributed by atoms with Gasteiger partial charge in [-0.25, -0.2) is 0 Å². The lowest BCUT2D eigenvalue weighted by Crippen LogP contribution is -2.38. The fourth-order valence-electron chi connectivity index (χ4n) is 2.48. The van der Waals surface area contributed by atoms with E-state index in [1.807, 2.05) is 23.9 Å². The second kappa shape index (κ2) is 7.91. The van der Waals surface area contributed by atoms with Crippen LogP contribution in [0.25, 0.3) is 0 Å². The Kier molecular flexibility index (Phi) is 6.20. The van der Waals surface area contributed by atoms with Crippen LogP contribution in [0, 0.1) is 0 Å². The number of nitrogens with one attached hydrogen (secondary N) is 2. The third-order valence-corrected chi connectivity index (χ3v) is 5.08. The molecule has 0 aromatic heterocycles. The topological polar surface area (TPSA) is 41.1 Å². The van der Waals surface area contributed by atoms with Gasteiger partial charge in [0, 0.05) is 22.0 Å². The van der Waals surface area contributed by atoms with Gasteiger partial charge in [-0.2, -0.15) is 11.8 Å². The minimum Gasteiger partial charge on any atom is -0.325 e. The van der Waals surface area contributed by atoms with E-state index in [-0.39, 0.29) is 5.91 Å². The molecule has 1 fully saturated rings. The van der Waals surface area contributed by atoms with Crippen LogP contribution in [0.1, 0.15) is 25.7 Å². The Morgan fingerprint density at radius 3 is 2.50 bits per heavy atom. The molecule has 1 aliphatic rings. The molecule has 1 aliphatic carbocycles. The summed E-state index contributed by atoms with van der Waals surface area (Å²) >= 11 is 7.77. The highest BCUT2D eigenvalue weighted by Crippen LogP contribution is 2.26. The Morgan fingerprint density at radius 2 is 1.90 bits per heavy atom. The molecule has 5 heteroatoms. The lowest BCUT2D eigenvalue weighted by atomic mass is 9.95. The number of hydrogen-bond donors (Lipinski definition) is 2. The summed E-state index contributed by atoms with van der Waals surface area (Å²) in [5, 5.41) is 7.69. The van der Waals surface area contributed by atoms with Crippen LogP contribution in [-0.2, 0) is 4.79 Å².